The third kappa shape index (κ3) is 6.78. The fourth-order valence-corrected chi connectivity index (χ4v) is 3.53. The first kappa shape index (κ1) is 22.3. The Kier molecular flexibility index (Phi) is 7.50. The first-order chi connectivity index (χ1) is 16.2. The van der Waals surface area contributed by atoms with E-state index in [9.17, 15) is 9.59 Å². The second-order valence-electron chi connectivity index (χ2n) is 7.76. The van der Waals surface area contributed by atoms with Crippen molar-refractivity contribution < 1.29 is 19.2 Å². The summed E-state index contributed by atoms with van der Waals surface area (Å²) in [5.74, 6) is 0.616. The second-order valence-corrected chi connectivity index (χ2v) is 7.76. The number of benzene rings is 2. The lowest BCUT2D eigenvalue weighted by molar-refractivity contribution is -0.0314. The molecule has 0 spiro atoms. The van der Waals surface area contributed by atoms with E-state index in [2.05, 4.69) is 21.1 Å². The number of para-hydroxylation sites is 1. The van der Waals surface area contributed by atoms with E-state index in [1.54, 1.807) is 36.4 Å². The molecule has 8 nitrogen and oxygen atoms in total. The van der Waals surface area contributed by atoms with E-state index in [0.29, 0.717) is 22.9 Å². The van der Waals surface area contributed by atoms with E-state index in [0.717, 1.165) is 25.7 Å². The molecule has 1 aliphatic rings. The number of aromatic nitrogens is 1. The fourth-order valence-electron chi connectivity index (χ4n) is 3.53. The van der Waals surface area contributed by atoms with Gasteiger partial charge in [-0.1, -0.05) is 37.5 Å². The summed E-state index contributed by atoms with van der Waals surface area (Å²) >= 11 is 0. The van der Waals surface area contributed by atoms with Gasteiger partial charge >= 0.3 is 6.03 Å². The van der Waals surface area contributed by atoms with Gasteiger partial charge in [-0.15, -0.1) is 0 Å². The number of amides is 3. The van der Waals surface area contributed by atoms with Gasteiger partial charge in [-0.2, -0.15) is 0 Å². The zero-order chi connectivity index (χ0) is 22.9. The number of pyridine rings is 1. The highest BCUT2D eigenvalue weighted by Gasteiger charge is 2.16. The lowest BCUT2D eigenvalue weighted by Crippen LogP contribution is -2.31. The number of anilines is 2. The first-order valence-corrected chi connectivity index (χ1v) is 11.0. The van der Waals surface area contributed by atoms with E-state index < -0.39 is 5.91 Å². The van der Waals surface area contributed by atoms with Crippen LogP contribution in [0.1, 0.15) is 42.6 Å². The predicted molar refractivity (Wildman–Crippen MR) is 125 cm³/mol. The highest BCUT2D eigenvalue weighted by atomic mass is 16.7. The Morgan fingerprint density at radius 2 is 1.52 bits per heavy atom. The van der Waals surface area contributed by atoms with Crippen molar-refractivity contribution in [2.24, 2.45) is 0 Å². The number of carbonyl (C=O) groups excluding carboxylic acids is 2. The van der Waals surface area contributed by atoms with Crippen LogP contribution < -0.4 is 20.9 Å². The van der Waals surface area contributed by atoms with Crippen molar-refractivity contribution in [1.29, 1.82) is 0 Å². The topological polar surface area (TPSA) is 102 Å². The van der Waals surface area contributed by atoms with Crippen LogP contribution in [0.5, 0.6) is 11.5 Å². The minimum Gasteiger partial charge on any atom is -0.457 e. The molecule has 8 heteroatoms. The van der Waals surface area contributed by atoms with Crippen molar-refractivity contribution in [3.63, 3.8) is 0 Å². The molecule has 1 heterocycles. The molecule has 0 bridgehead atoms. The number of ether oxygens (including phenoxy) is 1. The van der Waals surface area contributed by atoms with E-state index in [1.165, 1.54) is 12.6 Å². The van der Waals surface area contributed by atoms with Crippen LogP contribution >= 0.6 is 0 Å². The normalized spacial score (nSPS) is 13.7. The minimum absolute atomic E-state index is 0.0593. The van der Waals surface area contributed by atoms with Crippen LogP contribution in [-0.2, 0) is 4.84 Å². The number of hydrogen-bond acceptors (Lipinski definition) is 5. The molecular formula is C25H26N4O4. The van der Waals surface area contributed by atoms with E-state index in [1.807, 2.05) is 30.3 Å². The molecule has 1 saturated carbocycles. The second kappa shape index (κ2) is 11.1. The maximum Gasteiger partial charge on any atom is 0.323 e. The van der Waals surface area contributed by atoms with Crippen LogP contribution in [0.4, 0.5) is 16.2 Å². The predicted octanol–water partition coefficient (Wildman–Crippen LogP) is 5.51. The lowest BCUT2D eigenvalue weighted by Gasteiger charge is -2.21. The quantitative estimate of drug-likeness (QED) is 0.415. The van der Waals surface area contributed by atoms with Crippen LogP contribution in [-0.4, -0.2) is 23.0 Å². The number of hydrogen-bond donors (Lipinski definition) is 3. The molecular weight excluding hydrogens is 420 g/mol. The Hall–Kier alpha value is -3.91. The van der Waals surface area contributed by atoms with Crippen molar-refractivity contribution in [3.8, 4) is 11.5 Å². The Labute approximate surface area is 192 Å². The number of urea groups is 1. The van der Waals surface area contributed by atoms with Crippen LogP contribution in [0.2, 0.25) is 0 Å². The van der Waals surface area contributed by atoms with Gasteiger partial charge < -0.3 is 15.4 Å². The molecule has 3 N–H and O–H groups in total. The number of rotatable bonds is 7. The summed E-state index contributed by atoms with van der Waals surface area (Å²) in [4.78, 5) is 34.1. The SMILES string of the molecule is O=C(Nc1ccccc1)Nc1ccc(Oc2ccnc(C(=O)NOC3CCCCC3)c2)cc1. The van der Waals surface area contributed by atoms with Crippen LogP contribution in [0.25, 0.3) is 0 Å². The molecule has 0 saturated heterocycles. The van der Waals surface area contributed by atoms with E-state index in [-0.39, 0.29) is 17.8 Å². The highest BCUT2D eigenvalue weighted by Crippen LogP contribution is 2.24. The van der Waals surface area contributed by atoms with Crippen molar-refractivity contribution in [3.05, 3.63) is 78.6 Å². The average molecular weight is 447 g/mol. The molecule has 3 aromatic rings. The molecule has 33 heavy (non-hydrogen) atoms. The number of carbonyl (C=O) groups is 2. The van der Waals surface area contributed by atoms with Gasteiger partial charge in [0.1, 0.15) is 17.2 Å². The average Bonchev–Trinajstić information content (AvgIpc) is 2.85. The monoisotopic (exact) mass is 446 g/mol. The van der Waals surface area contributed by atoms with Gasteiger partial charge in [-0.3, -0.25) is 14.6 Å². The van der Waals surface area contributed by atoms with Gasteiger partial charge in [0.25, 0.3) is 5.91 Å². The zero-order valence-corrected chi connectivity index (χ0v) is 18.1. The molecule has 170 valence electrons. The number of hydroxylamine groups is 1. The van der Waals surface area contributed by atoms with E-state index >= 15 is 0 Å². The van der Waals surface area contributed by atoms with Gasteiger partial charge in [-0.25, -0.2) is 10.3 Å². The summed E-state index contributed by atoms with van der Waals surface area (Å²) in [6.07, 6.45) is 6.93. The number of nitrogens with zero attached hydrogens (tertiary/aromatic N) is 1. The molecule has 3 amide bonds. The van der Waals surface area contributed by atoms with Crippen LogP contribution in [0.15, 0.2) is 72.9 Å². The molecule has 0 unspecified atom stereocenters. The van der Waals surface area contributed by atoms with Gasteiger partial charge in [0, 0.05) is 23.6 Å². The standard InChI is InChI=1S/C25H26N4O4/c30-24(29-33-21-9-5-2-6-10-21)23-17-22(15-16-26-23)32-20-13-11-19(12-14-20)28-25(31)27-18-7-3-1-4-8-18/h1,3-4,7-8,11-17,21H,2,5-6,9-10H2,(H,29,30)(H2,27,28,31). The Morgan fingerprint density at radius 3 is 2.24 bits per heavy atom. The fraction of sp³-hybridized carbons (Fsp3) is 0.240. The largest absolute Gasteiger partial charge is 0.457 e. The molecule has 1 aliphatic carbocycles. The van der Waals surface area contributed by atoms with Crippen molar-refractivity contribution in [2.45, 2.75) is 38.2 Å². The Balaban J connectivity index is 1.29. The summed E-state index contributed by atoms with van der Waals surface area (Å²) in [5, 5.41) is 5.52. The third-order valence-corrected chi connectivity index (χ3v) is 5.21. The summed E-state index contributed by atoms with van der Waals surface area (Å²) in [6.45, 7) is 0. The summed E-state index contributed by atoms with van der Waals surface area (Å²) in [5.41, 5.74) is 4.03. The van der Waals surface area contributed by atoms with Crippen molar-refractivity contribution in [2.75, 3.05) is 10.6 Å². The van der Waals surface area contributed by atoms with Gasteiger partial charge in [0.15, 0.2) is 0 Å². The summed E-state index contributed by atoms with van der Waals surface area (Å²) in [7, 11) is 0. The number of nitrogens with one attached hydrogen (secondary N) is 3. The van der Waals surface area contributed by atoms with E-state index in [4.69, 9.17) is 9.57 Å². The lowest BCUT2D eigenvalue weighted by atomic mass is 9.98. The zero-order valence-electron chi connectivity index (χ0n) is 18.1. The molecule has 1 fully saturated rings. The Morgan fingerprint density at radius 1 is 0.818 bits per heavy atom. The molecule has 1 aromatic heterocycles. The minimum atomic E-state index is -0.407. The maximum atomic E-state index is 12.4. The van der Waals surface area contributed by atoms with Crippen LogP contribution in [0.3, 0.4) is 0 Å². The molecule has 4 rings (SSSR count). The summed E-state index contributed by atoms with van der Waals surface area (Å²) < 4.78 is 5.83. The molecule has 2 aromatic carbocycles. The third-order valence-electron chi connectivity index (χ3n) is 5.21. The molecule has 0 atom stereocenters. The molecule has 0 radical (unpaired) electrons. The Bertz CT molecular complexity index is 1070. The maximum absolute atomic E-state index is 12.4. The first-order valence-electron chi connectivity index (χ1n) is 11.0. The summed E-state index contributed by atoms with van der Waals surface area (Å²) in [6, 6.07) is 19.0. The molecule has 0 aliphatic heterocycles. The van der Waals surface area contributed by atoms with Crippen molar-refractivity contribution >= 4 is 23.3 Å². The van der Waals surface area contributed by atoms with Gasteiger partial charge in [-0.05, 0) is 55.3 Å². The highest BCUT2D eigenvalue weighted by molar-refractivity contribution is 5.99. The van der Waals surface area contributed by atoms with Gasteiger partial charge in [0.2, 0.25) is 0 Å². The van der Waals surface area contributed by atoms with Crippen molar-refractivity contribution in [1.82, 2.24) is 10.5 Å². The smallest absolute Gasteiger partial charge is 0.323 e. The van der Waals surface area contributed by atoms with Gasteiger partial charge in [0.05, 0.1) is 6.10 Å². The van der Waals surface area contributed by atoms with Crippen LogP contribution in [0, 0.1) is 0 Å².